The van der Waals surface area contributed by atoms with Crippen LogP contribution in [0.4, 0.5) is 10.3 Å². The summed E-state index contributed by atoms with van der Waals surface area (Å²) in [6.07, 6.45) is 4.20. The second-order valence-electron chi connectivity index (χ2n) is 4.38. The molecule has 0 amide bonds. The van der Waals surface area contributed by atoms with Crippen LogP contribution in [0.15, 0.2) is 12.4 Å². The second-order valence-corrected chi connectivity index (χ2v) is 6.36. The topological polar surface area (TPSA) is 75.2 Å². The third-order valence-electron chi connectivity index (χ3n) is 2.89. The lowest BCUT2D eigenvalue weighted by Crippen LogP contribution is -2.28. The van der Waals surface area contributed by atoms with Crippen LogP contribution in [-0.2, 0) is 10.0 Å². The van der Waals surface area contributed by atoms with Gasteiger partial charge in [-0.05, 0) is 12.3 Å². The van der Waals surface area contributed by atoms with E-state index in [4.69, 9.17) is 0 Å². The molecule has 1 aliphatic rings. The monoisotopic (exact) mass is 274 g/mol. The van der Waals surface area contributed by atoms with Crippen molar-refractivity contribution in [1.82, 2.24) is 14.3 Å². The molecule has 18 heavy (non-hydrogen) atoms. The van der Waals surface area contributed by atoms with Gasteiger partial charge in [-0.25, -0.2) is 27.1 Å². The number of aromatic nitrogens is 2. The lowest BCUT2D eigenvalue weighted by atomic mass is 10.1. The first kappa shape index (κ1) is 13.2. The number of rotatable bonds is 4. The normalized spacial score (nSPS) is 21.1. The molecular formula is C10H15FN4O2S. The first-order valence-corrected chi connectivity index (χ1v) is 7.46. The predicted molar refractivity (Wildman–Crippen MR) is 65.0 cm³/mol. The highest BCUT2D eigenvalue weighted by molar-refractivity contribution is 7.88. The van der Waals surface area contributed by atoms with Crippen LogP contribution in [0.1, 0.15) is 6.42 Å². The highest BCUT2D eigenvalue weighted by Crippen LogP contribution is 2.18. The molecule has 1 N–H and O–H groups in total. The Balaban J connectivity index is 1.84. The van der Waals surface area contributed by atoms with E-state index in [0.29, 0.717) is 25.6 Å². The zero-order valence-corrected chi connectivity index (χ0v) is 10.8. The SMILES string of the molecule is CS(=O)(=O)N1CCC(CNc2ncc(F)cn2)C1. The molecule has 1 aliphatic heterocycles. The van der Waals surface area contributed by atoms with E-state index in [1.165, 1.54) is 10.6 Å². The van der Waals surface area contributed by atoms with Crippen molar-refractivity contribution in [3.05, 3.63) is 18.2 Å². The third-order valence-corrected chi connectivity index (χ3v) is 4.16. The lowest BCUT2D eigenvalue weighted by molar-refractivity contribution is 0.466. The van der Waals surface area contributed by atoms with Gasteiger partial charge in [-0.1, -0.05) is 0 Å². The Bertz CT molecular complexity index is 505. The summed E-state index contributed by atoms with van der Waals surface area (Å²) in [5.41, 5.74) is 0. The fraction of sp³-hybridized carbons (Fsp3) is 0.600. The van der Waals surface area contributed by atoms with Gasteiger partial charge < -0.3 is 5.32 Å². The smallest absolute Gasteiger partial charge is 0.222 e. The van der Waals surface area contributed by atoms with Crippen LogP contribution in [0, 0.1) is 11.7 Å². The van der Waals surface area contributed by atoms with Gasteiger partial charge in [0.05, 0.1) is 18.6 Å². The first-order chi connectivity index (χ1) is 8.45. The molecule has 1 unspecified atom stereocenters. The van der Waals surface area contributed by atoms with Gasteiger partial charge in [-0.15, -0.1) is 0 Å². The third kappa shape index (κ3) is 3.36. The molecule has 2 heterocycles. The molecule has 0 saturated carbocycles. The van der Waals surface area contributed by atoms with Gasteiger partial charge in [-0.3, -0.25) is 0 Å². The minimum Gasteiger partial charge on any atom is -0.354 e. The summed E-state index contributed by atoms with van der Waals surface area (Å²) >= 11 is 0. The summed E-state index contributed by atoms with van der Waals surface area (Å²) in [7, 11) is -3.10. The largest absolute Gasteiger partial charge is 0.354 e. The fourth-order valence-corrected chi connectivity index (χ4v) is 2.82. The number of sulfonamides is 1. The van der Waals surface area contributed by atoms with Crippen LogP contribution >= 0.6 is 0 Å². The van der Waals surface area contributed by atoms with Crippen molar-refractivity contribution in [1.29, 1.82) is 0 Å². The van der Waals surface area contributed by atoms with Crippen LogP contribution in [0.5, 0.6) is 0 Å². The summed E-state index contributed by atoms with van der Waals surface area (Å²) in [6.45, 7) is 1.64. The molecule has 8 heteroatoms. The van der Waals surface area contributed by atoms with E-state index < -0.39 is 15.8 Å². The maximum absolute atomic E-state index is 12.6. The predicted octanol–water partition coefficient (Wildman–Crippen LogP) is 0.309. The van der Waals surface area contributed by atoms with Crippen molar-refractivity contribution < 1.29 is 12.8 Å². The van der Waals surface area contributed by atoms with E-state index in [9.17, 15) is 12.8 Å². The molecule has 0 bridgehead atoms. The average Bonchev–Trinajstić information content (AvgIpc) is 2.77. The Kier molecular flexibility index (Phi) is 3.76. The van der Waals surface area contributed by atoms with Crippen LogP contribution in [0.25, 0.3) is 0 Å². The zero-order chi connectivity index (χ0) is 13.2. The molecule has 0 aromatic carbocycles. The first-order valence-electron chi connectivity index (χ1n) is 5.61. The van der Waals surface area contributed by atoms with Crippen molar-refractivity contribution >= 4 is 16.0 Å². The van der Waals surface area contributed by atoms with Crippen molar-refractivity contribution in [3.8, 4) is 0 Å². The van der Waals surface area contributed by atoms with Gasteiger partial charge in [0.1, 0.15) is 0 Å². The molecule has 1 aromatic heterocycles. The number of nitrogens with one attached hydrogen (secondary N) is 1. The second kappa shape index (κ2) is 5.15. The van der Waals surface area contributed by atoms with Crippen molar-refractivity contribution in [2.24, 2.45) is 5.92 Å². The quantitative estimate of drug-likeness (QED) is 0.855. The summed E-state index contributed by atoms with van der Waals surface area (Å²) < 4.78 is 36.7. The Hall–Kier alpha value is -1.28. The van der Waals surface area contributed by atoms with E-state index in [1.54, 1.807) is 0 Å². The highest BCUT2D eigenvalue weighted by atomic mass is 32.2. The molecule has 0 radical (unpaired) electrons. The minimum atomic E-state index is -3.10. The summed E-state index contributed by atoms with van der Waals surface area (Å²) in [4.78, 5) is 7.56. The fourth-order valence-electron chi connectivity index (χ4n) is 1.90. The van der Waals surface area contributed by atoms with Gasteiger partial charge >= 0.3 is 0 Å². The molecule has 1 fully saturated rings. The van der Waals surface area contributed by atoms with E-state index in [0.717, 1.165) is 18.8 Å². The van der Waals surface area contributed by atoms with Crippen LogP contribution < -0.4 is 5.32 Å². The number of anilines is 1. The highest BCUT2D eigenvalue weighted by Gasteiger charge is 2.28. The number of nitrogens with zero attached hydrogens (tertiary/aromatic N) is 3. The van der Waals surface area contributed by atoms with Gasteiger partial charge in [0.15, 0.2) is 5.82 Å². The van der Waals surface area contributed by atoms with Crippen molar-refractivity contribution in [2.45, 2.75) is 6.42 Å². The molecule has 0 spiro atoms. The molecule has 1 aromatic rings. The van der Waals surface area contributed by atoms with Crippen LogP contribution in [0.3, 0.4) is 0 Å². The van der Waals surface area contributed by atoms with E-state index >= 15 is 0 Å². The standard InChI is InChI=1S/C10H15FN4O2S/c1-18(16,17)15-3-2-8(7-15)4-12-10-13-5-9(11)6-14-10/h5-6,8H,2-4,7H2,1H3,(H,12,13,14). The summed E-state index contributed by atoms with van der Waals surface area (Å²) in [6, 6.07) is 0. The Morgan fingerprint density at radius 3 is 2.72 bits per heavy atom. The minimum absolute atomic E-state index is 0.230. The van der Waals surface area contributed by atoms with E-state index in [1.807, 2.05) is 0 Å². The van der Waals surface area contributed by atoms with Crippen LogP contribution in [0.2, 0.25) is 0 Å². The maximum atomic E-state index is 12.6. The number of hydrogen-bond acceptors (Lipinski definition) is 5. The summed E-state index contributed by atoms with van der Waals surface area (Å²) in [5.74, 6) is 0.104. The van der Waals surface area contributed by atoms with E-state index in [2.05, 4.69) is 15.3 Å². The Morgan fingerprint density at radius 2 is 2.17 bits per heavy atom. The lowest BCUT2D eigenvalue weighted by Gasteiger charge is -2.13. The van der Waals surface area contributed by atoms with Gasteiger partial charge in [0, 0.05) is 19.6 Å². The number of hydrogen-bond donors (Lipinski definition) is 1. The Morgan fingerprint density at radius 1 is 1.50 bits per heavy atom. The molecular weight excluding hydrogens is 259 g/mol. The van der Waals surface area contributed by atoms with E-state index in [-0.39, 0.29) is 5.92 Å². The van der Waals surface area contributed by atoms with Crippen LogP contribution in [-0.4, -0.2) is 48.6 Å². The summed E-state index contributed by atoms with van der Waals surface area (Å²) in [5, 5.41) is 2.98. The number of halogens is 1. The molecule has 100 valence electrons. The van der Waals surface area contributed by atoms with Crippen molar-refractivity contribution in [2.75, 3.05) is 31.2 Å². The molecule has 1 atom stereocenters. The molecule has 1 saturated heterocycles. The molecule has 6 nitrogen and oxygen atoms in total. The van der Waals surface area contributed by atoms with Gasteiger partial charge in [0.25, 0.3) is 0 Å². The molecule has 2 rings (SSSR count). The average molecular weight is 274 g/mol. The van der Waals surface area contributed by atoms with Gasteiger partial charge in [-0.2, -0.15) is 0 Å². The molecule has 0 aliphatic carbocycles. The Labute approximate surface area is 105 Å². The van der Waals surface area contributed by atoms with Crippen molar-refractivity contribution in [3.63, 3.8) is 0 Å². The zero-order valence-electron chi connectivity index (χ0n) is 10.0. The van der Waals surface area contributed by atoms with Gasteiger partial charge in [0.2, 0.25) is 16.0 Å². The maximum Gasteiger partial charge on any atom is 0.222 e.